The normalized spacial score (nSPS) is 18.7. The van der Waals surface area contributed by atoms with Gasteiger partial charge >= 0.3 is 5.97 Å². The molecule has 2 amide bonds. The van der Waals surface area contributed by atoms with E-state index in [2.05, 4.69) is 4.99 Å². The predicted octanol–water partition coefficient (Wildman–Crippen LogP) is 3.55. The summed E-state index contributed by atoms with van der Waals surface area (Å²) in [5, 5.41) is 3.78. The minimum atomic E-state index is -1.03. The van der Waals surface area contributed by atoms with Crippen molar-refractivity contribution < 1.29 is 23.9 Å². The highest BCUT2D eigenvalue weighted by Crippen LogP contribution is 2.28. The van der Waals surface area contributed by atoms with Gasteiger partial charge in [-0.15, -0.1) is 0 Å². The van der Waals surface area contributed by atoms with Gasteiger partial charge in [0.15, 0.2) is 12.7 Å². The third kappa shape index (κ3) is 5.27. The second-order valence-corrected chi connectivity index (χ2v) is 7.88. The number of benzene rings is 2. The van der Waals surface area contributed by atoms with Crippen molar-refractivity contribution in [2.75, 3.05) is 18.7 Å². The summed E-state index contributed by atoms with van der Waals surface area (Å²) in [6.07, 6.45) is -1.03. The molecule has 0 saturated carbocycles. The second kappa shape index (κ2) is 10.1. The highest BCUT2D eigenvalue weighted by molar-refractivity contribution is 6.48. The number of ether oxygens (including phenoxy) is 2. The van der Waals surface area contributed by atoms with E-state index >= 15 is 0 Å². The number of amides is 2. The molecule has 2 unspecified atom stereocenters. The Balaban J connectivity index is 1.60. The van der Waals surface area contributed by atoms with E-state index in [1.165, 1.54) is 24.1 Å². The molecule has 0 spiro atoms. The van der Waals surface area contributed by atoms with Crippen LogP contribution in [0.5, 0.6) is 5.75 Å². The first-order chi connectivity index (χ1) is 15.2. The third-order valence-electron chi connectivity index (χ3n) is 4.80. The fourth-order valence-corrected chi connectivity index (χ4v) is 3.47. The van der Waals surface area contributed by atoms with Gasteiger partial charge in [-0.05, 0) is 44.2 Å². The van der Waals surface area contributed by atoms with E-state index in [1.807, 2.05) is 6.07 Å². The molecular formula is C22H21Cl2N3O5. The van der Waals surface area contributed by atoms with E-state index in [0.717, 1.165) is 0 Å². The number of carbonyl (C=O) groups is 3. The van der Waals surface area contributed by atoms with E-state index in [4.69, 9.17) is 32.7 Å². The van der Waals surface area contributed by atoms with Crippen molar-refractivity contribution in [3.63, 3.8) is 0 Å². The molecule has 8 nitrogen and oxygen atoms in total. The Morgan fingerprint density at radius 3 is 2.50 bits per heavy atom. The monoisotopic (exact) mass is 477 g/mol. The molecule has 1 saturated heterocycles. The van der Waals surface area contributed by atoms with Crippen LogP contribution >= 0.6 is 23.2 Å². The molecule has 0 aliphatic carbocycles. The average Bonchev–Trinajstić information content (AvgIpc) is 2.97. The van der Waals surface area contributed by atoms with Crippen LogP contribution < -0.4 is 9.75 Å². The number of hydrogen-bond acceptors (Lipinski definition) is 6. The Bertz CT molecular complexity index is 1060. The van der Waals surface area contributed by atoms with Crippen LogP contribution in [0.25, 0.3) is 0 Å². The van der Waals surface area contributed by atoms with Gasteiger partial charge in [0, 0.05) is 12.1 Å². The maximum atomic E-state index is 12.8. The molecule has 0 aromatic heterocycles. The topological polar surface area (TPSA) is 88.5 Å². The molecule has 32 heavy (non-hydrogen) atoms. The molecule has 10 heteroatoms. The van der Waals surface area contributed by atoms with Crippen LogP contribution in [0.4, 0.5) is 5.69 Å². The zero-order valence-corrected chi connectivity index (χ0v) is 19.1. The number of rotatable bonds is 6. The van der Waals surface area contributed by atoms with E-state index in [-0.39, 0.29) is 16.5 Å². The molecule has 0 bridgehead atoms. The number of nitrogens with zero attached hydrogens (tertiary/aromatic N) is 3. The van der Waals surface area contributed by atoms with Gasteiger partial charge in [0.1, 0.15) is 11.5 Å². The first-order valence-electron chi connectivity index (χ1n) is 9.71. The summed E-state index contributed by atoms with van der Waals surface area (Å²) >= 11 is 11.9. The number of hydrogen-bond donors (Lipinski definition) is 0. The summed E-state index contributed by atoms with van der Waals surface area (Å²) in [4.78, 5) is 41.2. The van der Waals surface area contributed by atoms with Crippen LogP contribution in [-0.2, 0) is 19.1 Å². The van der Waals surface area contributed by atoms with Crippen LogP contribution in [0.3, 0.4) is 0 Å². The summed E-state index contributed by atoms with van der Waals surface area (Å²) in [6, 6.07) is 13.1. The van der Waals surface area contributed by atoms with Crippen molar-refractivity contribution in [3.05, 3.63) is 58.6 Å². The van der Waals surface area contributed by atoms with Crippen molar-refractivity contribution in [2.45, 2.75) is 26.0 Å². The van der Waals surface area contributed by atoms with Crippen LogP contribution in [-0.4, -0.2) is 54.3 Å². The van der Waals surface area contributed by atoms with E-state index in [0.29, 0.717) is 10.7 Å². The maximum absolute atomic E-state index is 12.8. The third-order valence-corrected chi connectivity index (χ3v) is 5.33. The smallest absolute Gasteiger partial charge is 0.347 e. The van der Waals surface area contributed by atoms with Gasteiger partial charge in [-0.3, -0.25) is 9.59 Å². The Labute approximate surface area is 195 Å². The van der Waals surface area contributed by atoms with E-state index in [1.54, 1.807) is 49.3 Å². The first-order valence-corrected chi connectivity index (χ1v) is 10.5. The number of para-hydroxylation sites is 1. The maximum Gasteiger partial charge on any atom is 0.347 e. The Hall–Kier alpha value is -2.94. The molecule has 1 heterocycles. The van der Waals surface area contributed by atoms with Gasteiger partial charge in [0.25, 0.3) is 11.8 Å². The number of halogens is 2. The van der Waals surface area contributed by atoms with Crippen molar-refractivity contribution in [3.8, 4) is 5.75 Å². The van der Waals surface area contributed by atoms with Gasteiger partial charge in [-0.2, -0.15) is 0 Å². The zero-order chi connectivity index (χ0) is 23.4. The molecule has 168 valence electrons. The highest BCUT2D eigenvalue weighted by Gasteiger charge is 2.40. The summed E-state index contributed by atoms with van der Waals surface area (Å²) in [6.45, 7) is 2.59. The standard InChI is InChI=1S/C22H21Cl2N3O5/c1-13-20(21(29)27(26(13)3)16-7-5-4-6-8-16)25-19(28)12-31-22(30)14(2)32-18-10-9-15(23)11-17(18)24/h4-11,13-14H,12H2,1-3H3. The number of anilines is 1. The highest BCUT2D eigenvalue weighted by atomic mass is 35.5. The Morgan fingerprint density at radius 1 is 1.16 bits per heavy atom. The number of hydrazine groups is 1. The Morgan fingerprint density at radius 2 is 1.84 bits per heavy atom. The van der Waals surface area contributed by atoms with E-state index < -0.39 is 36.5 Å². The van der Waals surface area contributed by atoms with Crippen molar-refractivity contribution in [2.24, 2.45) is 4.99 Å². The minimum Gasteiger partial charge on any atom is -0.477 e. The lowest BCUT2D eigenvalue weighted by Crippen LogP contribution is -2.38. The van der Waals surface area contributed by atoms with Crippen LogP contribution in [0.2, 0.25) is 10.0 Å². The number of esters is 1. The molecular weight excluding hydrogens is 457 g/mol. The van der Waals surface area contributed by atoms with Crippen LogP contribution in [0.15, 0.2) is 53.5 Å². The van der Waals surface area contributed by atoms with Gasteiger partial charge < -0.3 is 9.47 Å². The van der Waals surface area contributed by atoms with Gasteiger partial charge in [-0.1, -0.05) is 41.4 Å². The summed E-state index contributed by atoms with van der Waals surface area (Å²) in [5.41, 5.74) is 0.720. The average molecular weight is 478 g/mol. The van der Waals surface area contributed by atoms with Gasteiger partial charge in [-0.25, -0.2) is 19.8 Å². The molecule has 2 aromatic rings. The lowest BCUT2D eigenvalue weighted by atomic mass is 10.2. The molecule has 3 rings (SSSR count). The quantitative estimate of drug-likeness (QED) is 0.591. The first kappa shape index (κ1) is 23.7. The molecule has 1 fully saturated rings. The van der Waals surface area contributed by atoms with E-state index in [9.17, 15) is 14.4 Å². The van der Waals surface area contributed by atoms with Crippen LogP contribution in [0.1, 0.15) is 13.8 Å². The van der Waals surface area contributed by atoms with Crippen molar-refractivity contribution >= 4 is 52.4 Å². The lowest BCUT2D eigenvalue weighted by molar-refractivity contribution is -0.154. The van der Waals surface area contributed by atoms with Gasteiger partial charge in [0.05, 0.1) is 16.8 Å². The number of aliphatic imine (C=N–C) groups is 1. The zero-order valence-electron chi connectivity index (χ0n) is 17.6. The second-order valence-electron chi connectivity index (χ2n) is 7.04. The SMILES string of the molecule is CC(Oc1ccc(Cl)cc1Cl)C(=O)OCC(=O)N=C1C(=O)N(c2ccccc2)N(C)C1C. The molecule has 1 aliphatic heterocycles. The predicted molar refractivity (Wildman–Crippen MR) is 121 cm³/mol. The Kier molecular flexibility index (Phi) is 7.50. The summed E-state index contributed by atoms with van der Waals surface area (Å²) in [7, 11) is 1.73. The lowest BCUT2D eigenvalue weighted by Gasteiger charge is -2.25. The molecule has 0 radical (unpaired) electrons. The molecule has 2 atom stereocenters. The fourth-order valence-electron chi connectivity index (χ4n) is 3.02. The fraction of sp³-hybridized carbons (Fsp3) is 0.273. The number of carbonyl (C=O) groups excluding carboxylic acids is 3. The van der Waals surface area contributed by atoms with Crippen LogP contribution in [0, 0.1) is 0 Å². The molecule has 1 aliphatic rings. The van der Waals surface area contributed by atoms with Crippen molar-refractivity contribution in [1.82, 2.24) is 5.01 Å². The summed E-state index contributed by atoms with van der Waals surface area (Å²) < 4.78 is 10.5. The molecule has 2 aromatic carbocycles. The largest absolute Gasteiger partial charge is 0.477 e. The van der Waals surface area contributed by atoms with Crippen molar-refractivity contribution in [1.29, 1.82) is 0 Å². The van der Waals surface area contributed by atoms with Gasteiger partial charge in [0.2, 0.25) is 0 Å². The minimum absolute atomic E-state index is 0.0645. The molecule has 0 N–H and O–H groups in total. The summed E-state index contributed by atoms with van der Waals surface area (Å²) in [5.74, 6) is -1.70.